The normalized spacial score (nSPS) is 16.6. The van der Waals surface area contributed by atoms with Gasteiger partial charge in [0.2, 0.25) is 5.43 Å². The van der Waals surface area contributed by atoms with Crippen LogP contribution in [0.15, 0.2) is 67.8 Å². The molecule has 0 bridgehead atoms. The van der Waals surface area contributed by atoms with Gasteiger partial charge in [-0.1, -0.05) is 23.4 Å². The zero-order valence-corrected chi connectivity index (χ0v) is 21.8. The average molecular weight is 547 g/mol. The van der Waals surface area contributed by atoms with Crippen LogP contribution in [0.3, 0.4) is 0 Å². The third-order valence-corrected chi connectivity index (χ3v) is 7.51. The van der Waals surface area contributed by atoms with E-state index in [-0.39, 0.29) is 17.0 Å². The second-order valence-electron chi connectivity index (χ2n) is 10.1. The van der Waals surface area contributed by atoms with Crippen LogP contribution in [-0.4, -0.2) is 66.1 Å². The Kier molecular flexibility index (Phi) is 6.59. The largest absolute Gasteiger partial charge is 0.477 e. The van der Waals surface area contributed by atoms with Gasteiger partial charge in [-0.3, -0.25) is 9.69 Å². The first-order valence-electron chi connectivity index (χ1n) is 13.1. The fraction of sp³-hybridized carbons (Fsp3) is 0.310. The molecule has 6 rings (SSSR count). The number of fused-ring (bicyclic) bond motifs is 2. The number of carbonyl (C=O) groups is 1. The standard InChI is InChI=1S/C29H27FN4O6/c1-39-31-23(19-12-17-4-2-3-5-26(17)40-29(19)38)16-32-8-10-33(11-9-32)25-14-24-20(13-22(25)30)27(35)21(28(36)37)15-34(24)18-6-7-18/h2-5,12-15,18H,6-11,16H2,1H3,(H,36,37)/b31-23-. The number of aromatic carboxylic acids is 1. The van der Waals surface area contributed by atoms with Gasteiger partial charge in [-0.25, -0.2) is 14.0 Å². The molecule has 0 atom stereocenters. The van der Waals surface area contributed by atoms with Gasteiger partial charge in [0.05, 0.1) is 16.8 Å². The summed E-state index contributed by atoms with van der Waals surface area (Å²) in [5.41, 5.74) is 0.618. The van der Waals surface area contributed by atoms with E-state index in [1.54, 1.807) is 28.8 Å². The summed E-state index contributed by atoms with van der Waals surface area (Å²) in [5.74, 6) is -1.89. The van der Waals surface area contributed by atoms with Crippen molar-refractivity contribution in [2.24, 2.45) is 5.16 Å². The monoisotopic (exact) mass is 546 g/mol. The highest BCUT2D eigenvalue weighted by Gasteiger charge is 2.29. The Labute approximate surface area is 227 Å². The third-order valence-electron chi connectivity index (χ3n) is 7.51. The number of anilines is 1. The van der Waals surface area contributed by atoms with Crippen molar-refractivity contribution in [2.45, 2.75) is 18.9 Å². The molecular formula is C29H27FN4O6. The van der Waals surface area contributed by atoms with E-state index < -0.39 is 22.8 Å². The molecule has 1 saturated heterocycles. The smallest absolute Gasteiger partial charge is 0.345 e. The molecule has 1 N–H and O–H groups in total. The number of para-hydroxylation sites is 1. The zero-order chi connectivity index (χ0) is 28.0. The maximum Gasteiger partial charge on any atom is 0.345 e. The number of piperazine rings is 1. The Morgan fingerprint density at radius 1 is 1.10 bits per heavy atom. The van der Waals surface area contributed by atoms with Gasteiger partial charge in [-0.15, -0.1) is 0 Å². The Hall–Kier alpha value is -4.51. The molecule has 0 unspecified atom stereocenters. The summed E-state index contributed by atoms with van der Waals surface area (Å²) in [6, 6.07) is 11.9. The Bertz CT molecular complexity index is 1780. The fourth-order valence-electron chi connectivity index (χ4n) is 5.30. The number of hydrogen-bond donors (Lipinski definition) is 1. The summed E-state index contributed by atoms with van der Waals surface area (Å²) < 4.78 is 22.6. The lowest BCUT2D eigenvalue weighted by Gasteiger charge is -2.36. The molecule has 10 nitrogen and oxygen atoms in total. The van der Waals surface area contributed by atoms with E-state index in [2.05, 4.69) is 10.1 Å². The van der Waals surface area contributed by atoms with Crippen molar-refractivity contribution in [3.8, 4) is 0 Å². The topological polar surface area (TPSA) is 118 Å². The maximum absolute atomic E-state index is 15.3. The Balaban J connectivity index is 1.24. The van der Waals surface area contributed by atoms with Crippen LogP contribution < -0.4 is 16.0 Å². The summed E-state index contributed by atoms with van der Waals surface area (Å²) in [7, 11) is 1.42. The first kappa shape index (κ1) is 25.8. The fourth-order valence-corrected chi connectivity index (χ4v) is 5.30. The molecule has 40 heavy (non-hydrogen) atoms. The van der Waals surface area contributed by atoms with E-state index in [0.717, 1.165) is 24.3 Å². The van der Waals surface area contributed by atoms with Crippen LogP contribution in [-0.2, 0) is 4.84 Å². The molecule has 2 aliphatic rings. The molecule has 11 heteroatoms. The lowest BCUT2D eigenvalue weighted by molar-refractivity contribution is 0.0695. The number of pyridine rings is 1. The molecule has 0 spiro atoms. The van der Waals surface area contributed by atoms with Crippen molar-refractivity contribution in [3.05, 3.63) is 86.2 Å². The van der Waals surface area contributed by atoms with Crippen molar-refractivity contribution in [2.75, 3.05) is 44.7 Å². The number of benzene rings is 2. The first-order valence-corrected chi connectivity index (χ1v) is 13.1. The zero-order valence-electron chi connectivity index (χ0n) is 21.8. The Morgan fingerprint density at radius 2 is 1.85 bits per heavy atom. The highest BCUT2D eigenvalue weighted by atomic mass is 19.1. The van der Waals surface area contributed by atoms with Crippen molar-refractivity contribution in [3.63, 3.8) is 0 Å². The van der Waals surface area contributed by atoms with Gasteiger partial charge in [-0.05, 0) is 37.1 Å². The molecule has 4 aromatic rings. The van der Waals surface area contributed by atoms with E-state index in [1.807, 2.05) is 17.0 Å². The van der Waals surface area contributed by atoms with Crippen LogP contribution in [0.25, 0.3) is 21.9 Å². The number of rotatable bonds is 7. The number of nitrogens with zero attached hydrogens (tertiary/aromatic N) is 4. The van der Waals surface area contributed by atoms with Gasteiger partial charge in [-0.2, -0.15) is 0 Å². The van der Waals surface area contributed by atoms with Gasteiger partial charge in [0.15, 0.2) is 0 Å². The second kappa shape index (κ2) is 10.2. The minimum absolute atomic E-state index is 0.0707. The van der Waals surface area contributed by atoms with Crippen LogP contribution in [0, 0.1) is 5.82 Å². The van der Waals surface area contributed by atoms with Gasteiger partial charge in [0, 0.05) is 55.7 Å². The SMILES string of the molecule is CO/N=C(/CN1CCN(c2cc3c(cc2F)c(=O)c(C(=O)O)cn3C2CC2)CC1)c1cc2ccccc2oc1=O. The number of oxime groups is 1. The summed E-state index contributed by atoms with van der Waals surface area (Å²) in [6.45, 7) is 2.45. The van der Waals surface area contributed by atoms with Crippen LogP contribution in [0.2, 0.25) is 0 Å². The molecule has 1 aliphatic heterocycles. The molecule has 0 radical (unpaired) electrons. The number of hydrogen-bond acceptors (Lipinski definition) is 8. The quantitative estimate of drug-likeness (QED) is 0.213. The maximum atomic E-state index is 15.3. The van der Waals surface area contributed by atoms with Gasteiger partial charge >= 0.3 is 11.6 Å². The number of halogens is 1. The average Bonchev–Trinajstić information content (AvgIpc) is 3.78. The molecule has 2 fully saturated rings. The summed E-state index contributed by atoms with van der Waals surface area (Å²) in [5, 5.41) is 14.4. The van der Waals surface area contributed by atoms with Crippen LogP contribution in [0.4, 0.5) is 10.1 Å². The number of carboxylic acid groups (broad SMARTS) is 1. The van der Waals surface area contributed by atoms with Gasteiger partial charge in [0.25, 0.3) is 0 Å². The number of carboxylic acids is 1. The van der Waals surface area contributed by atoms with E-state index in [9.17, 15) is 19.5 Å². The highest BCUT2D eigenvalue weighted by Crippen LogP contribution is 2.38. The molecule has 0 amide bonds. The molecular weight excluding hydrogens is 519 g/mol. The predicted octanol–water partition coefficient (Wildman–Crippen LogP) is 3.45. The van der Waals surface area contributed by atoms with Gasteiger partial charge < -0.3 is 23.8 Å². The predicted molar refractivity (Wildman–Crippen MR) is 148 cm³/mol. The van der Waals surface area contributed by atoms with Crippen LogP contribution in [0.1, 0.15) is 34.8 Å². The molecule has 1 aliphatic carbocycles. The van der Waals surface area contributed by atoms with Crippen molar-refractivity contribution in [1.29, 1.82) is 0 Å². The Morgan fingerprint density at radius 3 is 2.55 bits per heavy atom. The third kappa shape index (κ3) is 4.73. The molecule has 2 aromatic heterocycles. The number of aromatic nitrogens is 1. The minimum atomic E-state index is -1.32. The van der Waals surface area contributed by atoms with E-state index >= 15 is 4.39 Å². The molecule has 2 aromatic carbocycles. The lowest BCUT2D eigenvalue weighted by atomic mass is 10.1. The molecule has 206 valence electrons. The molecule has 3 heterocycles. The van der Waals surface area contributed by atoms with E-state index in [1.165, 1.54) is 13.3 Å². The minimum Gasteiger partial charge on any atom is -0.477 e. The summed E-state index contributed by atoms with van der Waals surface area (Å²) in [6.07, 6.45) is 3.14. The summed E-state index contributed by atoms with van der Waals surface area (Å²) in [4.78, 5) is 46.2. The first-order chi connectivity index (χ1) is 19.3. The lowest BCUT2D eigenvalue weighted by Crippen LogP contribution is -2.48. The summed E-state index contributed by atoms with van der Waals surface area (Å²) >= 11 is 0. The van der Waals surface area contributed by atoms with E-state index in [4.69, 9.17) is 9.25 Å². The van der Waals surface area contributed by atoms with Crippen molar-refractivity contribution >= 4 is 39.2 Å². The van der Waals surface area contributed by atoms with Crippen molar-refractivity contribution < 1.29 is 23.5 Å². The van der Waals surface area contributed by atoms with Gasteiger partial charge in [0.1, 0.15) is 29.8 Å². The van der Waals surface area contributed by atoms with E-state index in [0.29, 0.717) is 60.8 Å². The van der Waals surface area contributed by atoms with Crippen molar-refractivity contribution in [1.82, 2.24) is 9.47 Å². The van der Waals surface area contributed by atoms with Crippen LogP contribution in [0.5, 0.6) is 0 Å². The molecule has 1 saturated carbocycles. The van der Waals surface area contributed by atoms with Crippen LogP contribution >= 0.6 is 0 Å². The highest BCUT2D eigenvalue weighted by molar-refractivity contribution is 6.03. The second-order valence-corrected chi connectivity index (χ2v) is 10.1.